The zero-order chi connectivity index (χ0) is 23.4. The van der Waals surface area contributed by atoms with E-state index in [1.165, 1.54) is 28.1 Å². The molecule has 0 aliphatic carbocycles. The molecule has 174 valence electrons. The van der Waals surface area contributed by atoms with Gasteiger partial charge < -0.3 is 5.32 Å². The number of hydrogen-bond donors (Lipinski definition) is 1. The van der Waals surface area contributed by atoms with E-state index in [-0.39, 0.29) is 35.9 Å². The minimum atomic E-state index is -3.92. The molecule has 8 heteroatoms. The second-order valence-electron chi connectivity index (χ2n) is 8.16. The molecule has 1 saturated heterocycles. The highest BCUT2D eigenvalue weighted by Crippen LogP contribution is 2.29. The minimum absolute atomic E-state index is 0.0871. The van der Waals surface area contributed by atoms with Crippen LogP contribution in [0.2, 0.25) is 0 Å². The van der Waals surface area contributed by atoms with E-state index < -0.39 is 15.8 Å². The number of halogens is 1. The van der Waals surface area contributed by atoms with Crippen molar-refractivity contribution in [3.63, 3.8) is 0 Å². The molecule has 4 rings (SSSR count). The topological polar surface area (TPSA) is 66.5 Å². The third-order valence-corrected chi connectivity index (χ3v) is 8.98. The summed E-state index contributed by atoms with van der Waals surface area (Å²) in [5.41, 5.74) is 2.25. The SMILES string of the molecule is CCc1ccc([C@H](NC(=O)C2CCN(S(=O)(=O)c3ccccc3F)CC2)c2cccs2)cc1. The Hall–Kier alpha value is -2.55. The van der Waals surface area contributed by atoms with Gasteiger partial charge in [-0.05, 0) is 54.0 Å². The lowest BCUT2D eigenvalue weighted by Crippen LogP contribution is -2.43. The van der Waals surface area contributed by atoms with Crippen molar-refractivity contribution >= 4 is 27.3 Å². The molecule has 1 aliphatic rings. The fraction of sp³-hybridized carbons (Fsp3) is 0.320. The summed E-state index contributed by atoms with van der Waals surface area (Å²) in [5, 5.41) is 5.17. The summed E-state index contributed by atoms with van der Waals surface area (Å²) in [7, 11) is -3.92. The van der Waals surface area contributed by atoms with Gasteiger partial charge in [0.25, 0.3) is 0 Å². The summed E-state index contributed by atoms with van der Waals surface area (Å²) in [4.78, 5) is 13.9. The highest BCUT2D eigenvalue weighted by Gasteiger charge is 2.34. The van der Waals surface area contributed by atoms with Crippen LogP contribution in [0.15, 0.2) is 70.9 Å². The maximum Gasteiger partial charge on any atom is 0.245 e. The van der Waals surface area contributed by atoms with E-state index in [0.29, 0.717) is 12.8 Å². The van der Waals surface area contributed by atoms with Crippen molar-refractivity contribution in [2.75, 3.05) is 13.1 Å². The van der Waals surface area contributed by atoms with Gasteiger partial charge in [-0.1, -0.05) is 49.4 Å². The Labute approximate surface area is 198 Å². The van der Waals surface area contributed by atoms with E-state index in [1.807, 2.05) is 29.6 Å². The first-order valence-electron chi connectivity index (χ1n) is 11.1. The van der Waals surface area contributed by atoms with Gasteiger partial charge in [0.15, 0.2) is 0 Å². The number of sulfonamides is 1. The molecule has 0 radical (unpaired) electrons. The Balaban J connectivity index is 1.44. The molecule has 0 saturated carbocycles. The number of nitrogens with zero attached hydrogens (tertiary/aromatic N) is 1. The lowest BCUT2D eigenvalue weighted by atomic mass is 9.95. The number of aryl methyl sites for hydroxylation is 1. The van der Waals surface area contributed by atoms with Crippen molar-refractivity contribution in [3.05, 3.63) is 87.9 Å². The zero-order valence-corrected chi connectivity index (χ0v) is 20.0. The molecule has 5 nitrogen and oxygen atoms in total. The fourth-order valence-corrected chi connectivity index (χ4v) is 6.47. The van der Waals surface area contributed by atoms with Crippen LogP contribution in [0.5, 0.6) is 0 Å². The quantitative estimate of drug-likeness (QED) is 0.524. The van der Waals surface area contributed by atoms with E-state index in [9.17, 15) is 17.6 Å². The molecular formula is C25H27FN2O3S2. The van der Waals surface area contributed by atoms with Gasteiger partial charge in [0.05, 0.1) is 6.04 Å². The van der Waals surface area contributed by atoms with Crippen molar-refractivity contribution in [1.29, 1.82) is 0 Å². The standard InChI is InChI=1S/C25H27FN2O3S2/c1-2-18-9-11-19(12-10-18)24(22-7-5-17-32-22)27-25(29)20-13-15-28(16-14-20)33(30,31)23-8-4-3-6-21(23)26/h3-12,17,20,24H,2,13-16H2,1H3,(H,27,29)/t24-/m0/s1. The molecule has 33 heavy (non-hydrogen) atoms. The molecule has 1 aromatic heterocycles. The van der Waals surface area contributed by atoms with E-state index in [4.69, 9.17) is 0 Å². The van der Waals surface area contributed by atoms with Crippen LogP contribution in [0.3, 0.4) is 0 Å². The average molecular weight is 487 g/mol. The first-order chi connectivity index (χ1) is 15.9. The van der Waals surface area contributed by atoms with Crippen molar-refractivity contribution < 1.29 is 17.6 Å². The molecule has 1 amide bonds. The summed E-state index contributed by atoms with van der Waals surface area (Å²) in [6.45, 7) is 2.47. The third-order valence-electron chi connectivity index (χ3n) is 6.11. The van der Waals surface area contributed by atoms with Crippen LogP contribution in [0, 0.1) is 11.7 Å². The predicted molar refractivity (Wildman–Crippen MR) is 128 cm³/mol. The van der Waals surface area contributed by atoms with Gasteiger partial charge in [-0.3, -0.25) is 4.79 Å². The Bertz CT molecular complexity index is 1190. The largest absolute Gasteiger partial charge is 0.344 e. The van der Waals surface area contributed by atoms with Crippen LogP contribution >= 0.6 is 11.3 Å². The number of carbonyl (C=O) groups excluding carboxylic acids is 1. The lowest BCUT2D eigenvalue weighted by Gasteiger charge is -2.31. The van der Waals surface area contributed by atoms with E-state index in [0.717, 1.165) is 22.9 Å². The van der Waals surface area contributed by atoms with Crippen molar-refractivity contribution in [2.24, 2.45) is 5.92 Å². The maximum atomic E-state index is 14.1. The van der Waals surface area contributed by atoms with Crippen LogP contribution in [0.25, 0.3) is 0 Å². The summed E-state index contributed by atoms with van der Waals surface area (Å²) < 4.78 is 41.0. The molecule has 2 heterocycles. The molecule has 0 unspecified atom stereocenters. The first kappa shape index (κ1) is 23.6. The van der Waals surface area contributed by atoms with Crippen LogP contribution in [0.1, 0.15) is 41.8 Å². The van der Waals surface area contributed by atoms with E-state index >= 15 is 0 Å². The smallest absolute Gasteiger partial charge is 0.245 e. The normalized spacial score (nSPS) is 16.4. The van der Waals surface area contributed by atoms with Crippen molar-refractivity contribution in [1.82, 2.24) is 9.62 Å². The summed E-state index contributed by atoms with van der Waals surface area (Å²) in [6.07, 6.45) is 1.74. The Morgan fingerprint density at radius 2 is 1.79 bits per heavy atom. The number of rotatable bonds is 7. The van der Waals surface area contributed by atoms with Gasteiger partial charge in [0.2, 0.25) is 15.9 Å². The molecule has 1 aliphatic heterocycles. The average Bonchev–Trinajstić information content (AvgIpc) is 3.37. The van der Waals surface area contributed by atoms with Gasteiger partial charge in [-0.25, -0.2) is 12.8 Å². The Kier molecular flexibility index (Phi) is 7.26. The molecule has 0 spiro atoms. The molecule has 1 atom stereocenters. The molecule has 2 aromatic carbocycles. The number of thiophene rings is 1. The highest BCUT2D eigenvalue weighted by atomic mass is 32.2. The van der Waals surface area contributed by atoms with E-state index in [1.54, 1.807) is 11.3 Å². The van der Waals surface area contributed by atoms with Gasteiger partial charge in [0, 0.05) is 23.9 Å². The summed E-state index contributed by atoms with van der Waals surface area (Å²) in [5.74, 6) is -1.14. The van der Waals surface area contributed by atoms with Crippen molar-refractivity contribution in [3.8, 4) is 0 Å². The summed E-state index contributed by atoms with van der Waals surface area (Å²) >= 11 is 1.59. The number of hydrogen-bond acceptors (Lipinski definition) is 4. The second-order valence-corrected chi connectivity index (χ2v) is 11.0. The van der Waals surface area contributed by atoms with Crippen LogP contribution < -0.4 is 5.32 Å². The highest BCUT2D eigenvalue weighted by molar-refractivity contribution is 7.89. The predicted octanol–water partition coefficient (Wildman–Crippen LogP) is 4.76. The first-order valence-corrected chi connectivity index (χ1v) is 13.4. The maximum absolute atomic E-state index is 14.1. The van der Waals surface area contributed by atoms with Crippen molar-refractivity contribution in [2.45, 2.75) is 37.1 Å². The Morgan fingerprint density at radius 3 is 2.39 bits per heavy atom. The molecule has 3 aromatic rings. The lowest BCUT2D eigenvalue weighted by molar-refractivity contribution is -0.126. The van der Waals surface area contributed by atoms with Gasteiger partial charge in [0.1, 0.15) is 10.7 Å². The number of nitrogens with one attached hydrogen (secondary N) is 1. The van der Waals surface area contributed by atoms with Gasteiger partial charge >= 0.3 is 0 Å². The fourth-order valence-electron chi connectivity index (χ4n) is 4.13. The number of piperidine rings is 1. The monoisotopic (exact) mass is 486 g/mol. The number of benzene rings is 2. The number of amides is 1. The number of carbonyl (C=O) groups is 1. The van der Waals surface area contributed by atoms with Crippen LogP contribution in [0.4, 0.5) is 4.39 Å². The molecular weight excluding hydrogens is 459 g/mol. The molecule has 1 N–H and O–H groups in total. The minimum Gasteiger partial charge on any atom is -0.344 e. The third kappa shape index (κ3) is 5.18. The van der Waals surface area contributed by atoms with Crippen LogP contribution in [-0.4, -0.2) is 31.7 Å². The van der Waals surface area contributed by atoms with E-state index in [2.05, 4.69) is 24.4 Å². The second kappa shape index (κ2) is 10.2. The Morgan fingerprint density at radius 1 is 1.09 bits per heavy atom. The molecule has 1 fully saturated rings. The van der Waals surface area contributed by atoms with Crippen LogP contribution in [-0.2, 0) is 21.2 Å². The van der Waals surface area contributed by atoms with Gasteiger partial charge in [-0.2, -0.15) is 4.31 Å². The molecule has 0 bridgehead atoms. The zero-order valence-electron chi connectivity index (χ0n) is 18.4. The summed E-state index contributed by atoms with van der Waals surface area (Å²) in [6, 6.07) is 17.4. The van der Waals surface area contributed by atoms with Gasteiger partial charge in [-0.15, -0.1) is 11.3 Å².